The number of hydrogen-bond acceptors (Lipinski definition) is 5. The second-order valence-corrected chi connectivity index (χ2v) is 8.44. The summed E-state index contributed by atoms with van der Waals surface area (Å²) in [6, 6.07) is 8.77. The number of carbonyl (C=O) groups excluding carboxylic acids is 1. The first-order chi connectivity index (χ1) is 13.5. The predicted molar refractivity (Wildman–Crippen MR) is 120 cm³/mol. The fraction of sp³-hybridized carbons (Fsp3) is 0.333. The second-order valence-electron chi connectivity index (χ2n) is 7.06. The van der Waals surface area contributed by atoms with Gasteiger partial charge in [-0.25, -0.2) is 0 Å². The summed E-state index contributed by atoms with van der Waals surface area (Å²) in [6.45, 7) is 4.37. The Morgan fingerprint density at radius 1 is 1.31 bits per heavy atom. The van der Waals surface area contributed by atoms with Gasteiger partial charge in [0, 0.05) is 22.5 Å². The van der Waals surface area contributed by atoms with E-state index in [9.17, 15) is 9.59 Å². The monoisotopic (exact) mass is 452 g/mol. The number of carbonyl (C=O) groups is 1. The summed E-state index contributed by atoms with van der Waals surface area (Å²) in [4.78, 5) is 28.7. The van der Waals surface area contributed by atoms with Crippen LogP contribution in [0.4, 0.5) is 0 Å². The average molecular weight is 453 g/mol. The maximum atomic E-state index is 12.7. The summed E-state index contributed by atoms with van der Waals surface area (Å²) in [5, 5.41) is 5.88. The van der Waals surface area contributed by atoms with Crippen LogP contribution >= 0.6 is 35.3 Å². The van der Waals surface area contributed by atoms with Crippen molar-refractivity contribution in [2.45, 2.75) is 25.8 Å². The number of benzene rings is 1. The van der Waals surface area contributed by atoms with Gasteiger partial charge in [-0.05, 0) is 62.0 Å². The third-order valence-electron chi connectivity index (χ3n) is 5.14. The van der Waals surface area contributed by atoms with Crippen molar-refractivity contribution in [2.75, 3.05) is 19.6 Å². The van der Waals surface area contributed by atoms with Gasteiger partial charge in [-0.2, -0.15) is 0 Å². The number of fused-ring (bicyclic) bond motifs is 1. The number of aryl methyl sites for hydroxylation is 1. The van der Waals surface area contributed by atoms with Gasteiger partial charge >= 0.3 is 0 Å². The molecule has 29 heavy (non-hydrogen) atoms. The molecule has 1 aliphatic heterocycles. The number of rotatable bonds is 5. The lowest BCUT2D eigenvalue weighted by molar-refractivity contribution is 0.0911. The van der Waals surface area contributed by atoms with Gasteiger partial charge < -0.3 is 9.73 Å². The van der Waals surface area contributed by atoms with E-state index in [-0.39, 0.29) is 35.5 Å². The maximum absolute atomic E-state index is 12.7. The Bertz CT molecular complexity index is 1060. The average Bonchev–Trinajstić information content (AvgIpc) is 3.38. The molecule has 2 aromatic heterocycles. The van der Waals surface area contributed by atoms with Crippen LogP contribution in [0, 0.1) is 6.92 Å². The van der Waals surface area contributed by atoms with Crippen molar-refractivity contribution in [1.29, 1.82) is 0 Å². The van der Waals surface area contributed by atoms with Crippen molar-refractivity contribution in [3.05, 3.63) is 67.2 Å². The van der Waals surface area contributed by atoms with Crippen molar-refractivity contribution in [3.63, 3.8) is 0 Å². The SMILES string of the molecule is Cc1cc2oc(C(=O)NCC(c3cccs3)N3CCCC3)cc(=O)c2cc1Cl.Cl. The highest BCUT2D eigenvalue weighted by Crippen LogP contribution is 2.28. The van der Waals surface area contributed by atoms with Crippen LogP contribution in [0.5, 0.6) is 0 Å². The van der Waals surface area contributed by atoms with Gasteiger partial charge in [0.05, 0.1) is 11.4 Å². The predicted octanol–water partition coefficient (Wildman–Crippen LogP) is 4.81. The lowest BCUT2D eigenvalue weighted by Gasteiger charge is -2.26. The first-order valence-electron chi connectivity index (χ1n) is 9.32. The molecule has 1 saturated heterocycles. The first kappa shape index (κ1) is 21.8. The zero-order chi connectivity index (χ0) is 19.7. The number of halogens is 2. The summed E-state index contributed by atoms with van der Waals surface area (Å²) in [5.74, 6) is -0.363. The van der Waals surface area contributed by atoms with Crippen molar-refractivity contribution in [3.8, 4) is 0 Å². The van der Waals surface area contributed by atoms with E-state index in [0.29, 0.717) is 22.5 Å². The fourth-order valence-electron chi connectivity index (χ4n) is 3.61. The Balaban J connectivity index is 0.00000240. The van der Waals surface area contributed by atoms with E-state index in [1.165, 1.54) is 23.8 Å². The molecule has 3 heterocycles. The van der Waals surface area contributed by atoms with Gasteiger partial charge in [0.1, 0.15) is 5.58 Å². The minimum Gasteiger partial charge on any atom is -0.451 e. The van der Waals surface area contributed by atoms with Gasteiger partial charge in [0.15, 0.2) is 11.2 Å². The van der Waals surface area contributed by atoms with Crippen LogP contribution in [0.3, 0.4) is 0 Å². The largest absolute Gasteiger partial charge is 0.451 e. The minimum atomic E-state index is -0.382. The number of thiophene rings is 1. The maximum Gasteiger partial charge on any atom is 0.287 e. The third-order valence-corrected chi connectivity index (χ3v) is 6.52. The van der Waals surface area contributed by atoms with Crippen LogP contribution in [0.15, 0.2) is 44.9 Å². The van der Waals surface area contributed by atoms with Gasteiger partial charge in [-0.1, -0.05) is 17.7 Å². The van der Waals surface area contributed by atoms with E-state index < -0.39 is 0 Å². The Kier molecular flexibility index (Phi) is 7.01. The fourth-order valence-corrected chi connectivity index (χ4v) is 4.63. The first-order valence-corrected chi connectivity index (χ1v) is 10.6. The number of nitrogens with zero attached hydrogens (tertiary/aromatic N) is 1. The molecule has 0 spiro atoms. The summed E-state index contributed by atoms with van der Waals surface area (Å²) in [6.07, 6.45) is 2.36. The topological polar surface area (TPSA) is 62.6 Å². The minimum absolute atomic E-state index is 0. The highest BCUT2D eigenvalue weighted by atomic mass is 35.5. The smallest absolute Gasteiger partial charge is 0.287 e. The molecule has 154 valence electrons. The number of likely N-dealkylation sites (tertiary alicyclic amines) is 1. The number of amides is 1. The normalized spacial score (nSPS) is 15.2. The van der Waals surface area contributed by atoms with E-state index in [4.69, 9.17) is 16.0 Å². The van der Waals surface area contributed by atoms with Crippen molar-refractivity contribution < 1.29 is 9.21 Å². The molecule has 0 radical (unpaired) electrons. The number of nitrogens with one attached hydrogen (secondary N) is 1. The molecule has 0 aliphatic carbocycles. The molecule has 8 heteroatoms. The van der Waals surface area contributed by atoms with Crippen LogP contribution in [0.25, 0.3) is 11.0 Å². The molecule has 1 amide bonds. The van der Waals surface area contributed by atoms with Gasteiger partial charge in [0.25, 0.3) is 5.91 Å². The van der Waals surface area contributed by atoms with Gasteiger partial charge in [-0.3, -0.25) is 14.5 Å². The van der Waals surface area contributed by atoms with E-state index in [1.54, 1.807) is 23.5 Å². The lowest BCUT2D eigenvalue weighted by atomic mass is 10.1. The van der Waals surface area contributed by atoms with Crippen LogP contribution < -0.4 is 10.7 Å². The van der Waals surface area contributed by atoms with E-state index in [0.717, 1.165) is 18.7 Å². The van der Waals surface area contributed by atoms with E-state index >= 15 is 0 Å². The summed E-state index contributed by atoms with van der Waals surface area (Å²) in [5.41, 5.74) is 0.887. The van der Waals surface area contributed by atoms with Crippen LogP contribution in [-0.4, -0.2) is 30.4 Å². The molecule has 1 fully saturated rings. The van der Waals surface area contributed by atoms with Crippen molar-refractivity contribution in [1.82, 2.24) is 10.2 Å². The third kappa shape index (κ3) is 4.67. The Morgan fingerprint density at radius 3 is 2.76 bits per heavy atom. The highest BCUT2D eigenvalue weighted by Gasteiger charge is 2.25. The lowest BCUT2D eigenvalue weighted by Crippen LogP contribution is -2.36. The Hall–Kier alpha value is -1.86. The van der Waals surface area contributed by atoms with Crippen molar-refractivity contribution in [2.24, 2.45) is 0 Å². The zero-order valence-corrected chi connectivity index (χ0v) is 18.3. The van der Waals surface area contributed by atoms with Crippen LogP contribution in [-0.2, 0) is 0 Å². The Labute approximate surface area is 184 Å². The van der Waals surface area contributed by atoms with Gasteiger partial charge in [-0.15, -0.1) is 23.7 Å². The molecule has 1 aromatic carbocycles. The quantitative estimate of drug-likeness (QED) is 0.603. The molecule has 1 atom stereocenters. The van der Waals surface area contributed by atoms with Crippen LogP contribution in [0.1, 0.15) is 39.9 Å². The summed E-state index contributed by atoms with van der Waals surface area (Å²) >= 11 is 7.79. The summed E-state index contributed by atoms with van der Waals surface area (Å²) in [7, 11) is 0. The molecule has 3 aromatic rings. The van der Waals surface area contributed by atoms with Gasteiger partial charge in [0.2, 0.25) is 0 Å². The summed E-state index contributed by atoms with van der Waals surface area (Å²) < 4.78 is 5.71. The second kappa shape index (κ2) is 9.30. The molecule has 1 aliphatic rings. The van der Waals surface area contributed by atoms with E-state index in [2.05, 4.69) is 21.7 Å². The molecule has 0 saturated carbocycles. The molecular weight excluding hydrogens is 431 g/mol. The Morgan fingerprint density at radius 2 is 2.07 bits per heavy atom. The van der Waals surface area contributed by atoms with E-state index in [1.807, 2.05) is 13.0 Å². The van der Waals surface area contributed by atoms with Crippen molar-refractivity contribution >= 4 is 52.2 Å². The standard InChI is InChI=1S/C21H21ClN2O3S.ClH/c1-13-9-18-14(10-15(13)22)17(25)11-19(27-18)21(26)23-12-16(20-5-4-8-28-20)24-6-2-3-7-24;/h4-5,8-11,16H,2-3,6-7,12H2,1H3,(H,23,26);1H. The molecule has 5 nitrogen and oxygen atoms in total. The van der Waals surface area contributed by atoms with Crippen LogP contribution in [0.2, 0.25) is 5.02 Å². The zero-order valence-electron chi connectivity index (χ0n) is 15.9. The number of hydrogen-bond donors (Lipinski definition) is 1. The molecular formula is C21H22Cl2N2O3S. The highest BCUT2D eigenvalue weighted by molar-refractivity contribution is 7.10. The molecule has 4 rings (SSSR count). The molecule has 0 bridgehead atoms. The molecule has 1 N–H and O–H groups in total. The molecule has 1 unspecified atom stereocenters.